The molecule has 2 N–H and O–H groups in total. The van der Waals surface area contributed by atoms with E-state index in [4.69, 9.17) is 0 Å². The molecular formula is C22H30N4O4S. The number of rotatable bonds is 9. The molecule has 0 unspecified atom stereocenters. The molecule has 0 bridgehead atoms. The Labute approximate surface area is 184 Å². The molecule has 0 atom stereocenters. The van der Waals surface area contributed by atoms with Crippen molar-refractivity contribution >= 4 is 33.2 Å². The summed E-state index contributed by atoms with van der Waals surface area (Å²) in [6.07, 6.45) is 0. The zero-order valence-corrected chi connectivity index (χ0v) is 19.4. The number of anilines is 2. The second-order valence-corrected chi connectivity index (χ2v) is 9.16. The lowest BCUT2D eigenvalue weighted by atomic mass is 10.1. The van der Waals surface area contributed by atoms with Gasteiger partial charge in [0.15, 0.2) is 0 Å². The largest absolute Gasteiger partial charge is 0.376 e. The fourth-order valence-electron chi connectivity index (χ4n) is 3.07. The van der Waals surface area contributed by atoms with Crippen molar-refractivity contribution in [3.05, 3.63) is 53.6 Å². The van der Waals surface area contributed by atoms with Crippen LogP contribution in [0.25, 0.3) is 0 Å². The Hall–Kier alpha value is -2.91. The average molecular weight is 447 g/mol. The normalized spacial score (nSPS) is 11.3. The van der Waals surface area contributed by atoms with Crippen LogP contribution in [0, 0.1) is 0 Å². The summed E-state index contributed by atoms with van der Waals surface area (Å²) < 4.78 is 27.2. The predicted molar refractivity (Wildman–Crippen MR) is 123 cm³/mol. The number of carbonyl (C=O) groups is 2. The maximum Gasteiger partial charge on any atom is 0.255 e. The summed E-state index contributed by atoms with van der Waals surface area (Å²) in [5.74, 6) is -0.482. The summed E-state index contributed by atoms with van der Waals surface area (Å²) in [6.45, 7) is 6.12. The van der Waals surface area contributed by atoms with Crippen molar-refractivity contribution in [2.24, 2.45) is 0 Å². The van der Waals surface area contributed by atoms with Gasteiger partial charge in [0, 0.05) is 46.2 Å². The van der Waals surface area contributed by atoms with Gasteiger partial charge >= 0.3 is 0 Å². The van der Waals surface area contributed by atoms with Crippen LogP contribution in [-0.4, -0.2) is 51.7 Å². The van der Waals surface area contributed by atoms with Crippen LogP contribution in [-0.2, 0) is 21.4 Å². The van der Waals surface area contributed by atoms with Crippen molar-refractivity contribution in [1.29, 1.82) is 0 Å². The van der Waals surface area contributed by atoms with E-state index in [0.29, 0.717) is 36.6 Å². The third kappa shape index (κ3) is 6.05. The van der Waals surface area contributed by atoms with Gasteiger partial charge in [0.25, 0.3) is 5.91 Å². The van der Waals surface area contributed by atoms with Crippen LogP contribution in [0.3, 0.4) is 0 Å². The van der Waals surface area contributed by atoms with E-state index in [2.05, 4.69) is 10.6 Å². The second kappa shape index (κ2) is 10.4. The first-order chi connectivity index (χ1) is 14.6. The van der Waals surface area contributed by atoms with Crippen LogP contribution >= 0.6 is 0 Å². The molecule has 2 aromatic rings. The van der Waals surface area contributed by atoms with Crippen molar-refractivity contribution in [1.82, 2.24) is 9.62 Å². The first-order valence-electron chi connectivity index (χ1n) is 10.1. The van der Waals surface area contributed by atoms with Crippen LogP contribution in [0.5, 0.6) is 0 Å². The Morgan fingerprint density at radius 3 is 2.10 bits per heavy atom. The average Bonchev–Trinajstić information content (AvgIpc) is 2.73. The Morgan fingerprint density at radius 2 is 1.58 bits per heavy atom. The highest BCUT2D eigenvalue weighted by molar-refractivity contribution is 7.89. The molecule has 0 spiro atoms. The molecule has 0 fully saturated rings. The molecule has 2 aromatic carbocycles. The minimum Gasteiger partial charge on any atom is -0.376 e. The van der Waals surface area contributed by atoms with E-state index in [1.54, 1.807) is 55.1 Å². The van der Waals surface area contributed by atoms with Crippen LogP contribution in [0.4, 0.5) is 11.4 Å². The summed E-state index contributed by atoms with van der Waals surface area (Å²) in [5.41, 5.74) is 2.39. The minimum atomic E-state index is -3.66. The zero-order chi connectivity index (χ0) is 23.2. The molecule has 0 saturated carbocycles. The van der Waals surface area contributed by atoms with E-state index in [1.165, 1.54) is 17.3 Å². The fourth-order valence-corrected chi connectivity index (χ4v) is 4.56. The second-order valence-electron chi connectivity index (χ2n) is 7.22. The minimum absolute atomic E-state index is 0.127. The smallest absolute Gasteiger partial charge is 0.255 e. The van der Waals surface area contributed by atoms with Gasteiger partial charge in [0.1, 0.15) is 0 Å². The topological polar surface area (TPSA) is 98.8 Å². The van der Waals surface area contributed by atoms with Gasteiger partial charge in [-0.1, -0.05) is 26.0 Å². The molecule has 8 nitrogen and oxygen atoms in total. The molecule has 0 aromatic heterocycles. The van der Waals surface area contributed by atoms with Gasteiger partial charge in [-0.15, -0.1) is 0 Å². The van der Waals surface area contributed by atoms with Gasteiger partial charge < -0.3 is 15.5 Å². The monoisotopic (exact) mass is 446 g/mol. The molecular weight excluding hydrogens is 416 g/mol. The molecule has 0 aliphatic rings. The molecule has 2 amide bonds. The first kappa shape index (κ1) is 24.4. The third-order valence-corrected chi connectivity index (χ3v) is 6.84. The molecule has 0 heterocycles. The number of nitrogens with zero attached hydrogens (tertiary/aromatic N) is 2. The molecule has 168 valence electrons. The number of sulfonamides is 1. The number of carbonyl (C=O) groups excluding carboxylic acids is 2. The molecule has 31 heavy (non-hydrogen) atoms. The number of nitrogens with one attached hydrogen (secondary N) is 2. The molecule has 0 saturated heterocycles. The van der Waals surface area contributed by atoms with Crippen molar-refractivity contribution in [3.63, 3.8) is 0 Å². The van der Waals surface area contributed by atoms with Crippen molar-refractivity contribution in [2.45, 2.75) is 32.2 Å². The number of amides is 2. The molecule has 2 rings (SSSR count). The van der Waals surface area contributed by atoms with Gasteiger partial charge in [-0.05, 0) is 35.9 Å². The summed E-state index contributed by atoms with van der Waals surface area (Å²) >= 11 is 0. The summed E-state index contributed by atoms with van der Waals surface area (Å²) in [7, 11) is -0.0169. The highest BCUT2D eigenvalue weighted by atomic mass is 32.2. The molecule has 0 aliphatic carbocycles. The number of benzene rings is 2. The molecule has 9 heteroatoms. The van der Waals surface area contributed by atoms with Gasteiger partial charge in [0.2, 0.25) is 15.9 Å². The van der Waals surface area contributed by atoms with Crippen molar-refractivity contribution < 1.29 is 18.0 Å². The first-order valence-corrected chi connectivity index (χ1v) is 11.5. The van der Waals surface area contributed by atoms with Crippen LogP contribution < -0.4 is 15.5 Å². The Morgan fingerprint density at radius 1 is 0.968 bits per heavy atom. The highest BCUT2D eigenvalue weighted by Gasteiger charge is 2.23. The number of hydrogen-bond acceptors (Lipinski definition) is 5. The SMILES string of the molecule is CCN(CC)S(=O)(=O)c1ccc(N(C)C)c(NC(=O)c2ccc(CNC(C)=O)cc2)c1. The quantitative estimate of drug-likeness (QED) is 0.617. The van der Waals surface area contributed by atoms with Crippen LogP contribution in [0.2, 0.25) is 0 Å². The van der Waals surface area contributed by atoms with Crippen molar-refractivity contribution in [2.75, 3.05) is 37.4 Å². The standard InChI is InChI=1S/C22H30N4O4S/c1-6-26(7-2)31(29,30)19-12-13-21(25(4)5)20(14-19)24-22(28)18-10-8-17(9-11-18)15-23-16(3)27/h8-14H,6-7,15H2,1-5H3,(H,23,27)(H,24,28). The lowest BCUT2D eigenvalue weighted by molar-refractivity contribution is -0.119. The lowest BCUT2D eigenvalue weighted by Crippen LogP contribution is -2.30. The van der Waals surface area contributed by atoms with E-state index >= 15 is 0 Å². The van der Waals surface area contributed by atoms with Crippen molar-refractivity contribution in [3.8, 4) is 0 Å². The summed E-state index contributed by atoms with van der Waals surface area (Å²) in [6, 6.07) is 11.6. The van der Waals surface area contributed by atoms with Crippen LogP contribution in [0.15, 0.2) is 47.4 Å². The lowest BCUT2D eigenvalue weighted by Gasteiger charge is -2.22. The maximum absolute atomic E-state index is 12.9. The van der Waals surface area contributed by atoms with E-state index in [1.807, 2.05) is 14.1 Å². The zero-order valence-electron chi connectivity index (χ0n) is 18.6. The summed E-state index contributed by atoms with van der Waals surface area (Å²) in [5, 5.41) is 5.54. The Balaban J connectivity index is 2.32. The molecule has 0 radical (unpaired) electrons. The van der Waals surface area contributed by atoms with E-state index in [9.17, 15) is 18.0 Å². The molecule has 0 aliphatic heterocycles. The van der Waals surface area contributed by atoms with Gasteiger partial charge in [-0.2, -0.15) is 4.31 Å². The Bertz CT molecular complexity index is 1030. The predicted octanol–water partition coefficient (Wildman–Crippen LogP) is 2.67. The number of hydrogen-bond donors (Lipinski definition) is 2. The fraction of sp³-hybridized carbons (Fsp3) is 0.364. The Kier molecular flexibility index (Phi) is 8.18. The van der Waals surface area contributed by atoms with Gasteiger partial charge in [-0.3, -0.25) is 9.59 Å². The van der Waals surface area contributed by atoms with Gasteiger partial charge in [0.05, 0.1) is 16.3 Å². The third-order valence-electron chi connectivity index (χ3n) is 4.80. The van der Waals surface area contributed by atoms with Crippen LogP contribution in [0.1, 0.15) is 36.7 Å². The van der Waals surface area contributed by atoms with E-state index in [-0.39, 0.29) is 16.7 Å². The van der Waals surface area contributed by atoms with E-state index < -0.39 is 10.0 Å². The maximum atomic E-state index is 12.9. The van der Waals surface area contributed by atoms with E-state index in [0.717, 1.165) is 5.56 Å². The summed E-state index contributed by atoms with van der Waals surface area (Å²) in [4.78, 5) is 25.8. The highest BCUT2D eigenvalue weighted by Crippen LogP contribution is 2.29. The van der Waals surface area contributed by atoms with Gasteiger partial charge in [-0.25, -0.2) is 8.42 Å².